The number of benzene rings is 2. The van der Waals surface area contributed by atoms with Crippen LogP contribution >= 0.6 is 0 Å². The molecule has 0 aliphatic heterocycles. The summed E-state index contributed by atoms with van der Waals surface area (Å²) in [6, 6.07) is 17.3. The molecule has 6 nitrogen and oxygen atoms in total. The molecule has 2 aromatic carbocycles. The molecular formula is C22H24N4O2. The summed E-state index contributed by atoms with van der Waals surface area (Å²) >= 11 is 0. The van der Waals surface area contributed by atoms with Crippen molar-refractivity contribution in [3.05, 3.63) is 77.0 Å². The number of aryl methyl sites for hydroxylation is 2. The highest BCUT2D eigenvalue weighted by Gasteiger charge is 2.07. The number of nitrogens with one attached hydrogen (secondary N) is 2. The van der Waals surface area contributed by atoms with E-state index in [-0.39, 0.29) is 5.97 Å². The largest absolute Gasteiger partial charge is 0.462 e. The van der Waals surface area contributed by atoms with Gasteiger partial charge < -0.3 is 15.4 Å². The molecule has 0 amide bonds. The second-order valence-electron chi connectivity index (χ2n) is 6.48. The first-order chi connectivity index (χ1) is 13.5. The third kappa shape index (κ3) is 5.30. The lowest BCUT2D eigenvalue weighted by Gasteiger charge is -2.10. The van der Waals surface area contributed by atoms with Gasteiger partial charge >= 0.3 is 5.97 Å². The number of nitrogens with zero attached hydrogens (tertiary/aromatic N) is 2. The number of hydrogen-bond donors (Lipinski definition) is 2. The van der Waals surface area contributed by atoms with E-state index in [0.29, 0.717) is 24.7 Å². The molecule has 0 spiro atoms. The number of hydrogen-bond acceptors (Lipinski definition) is 6. The topological polar surface area (TPSA) is 76.1 Å². The lowest BCUT2D eigenvalue weighted by atomic mass is 10.1. The molecule has 0 fully saturated rings. The van der Waals surface area contributed by atoms with E-state index >= 15 is 0 Å². The van der Waals surface area contributed by atoms with Gasteiger partial charge in [-0.15, -0.1) is 0 Å². The van der Waals surface area contributed by atoms with Crippen LogP contribution in [0.1, 0.15) is 34.1 Å². The molecule has 0 bridgehead atoms. The normalized spacial score (nSPS) is 10.4. The fourth-order valence-corrected chi connectivity index (χ4v) is 2.65. The van der Waals surface area contributed by atoms with Gasteiger partial charge in [0, 0.05) is 24.0 Å². The maximum Gasteiger partial charge on any atom is 0.338 e. The van der Waals surface area contributed by atoms with E-state index in [4.69, 9.17) is 4.74 Å². The Hall–Kier alpha value is -3.41. The van der Waals surface area contributed by atoms with Gasteiger partial charge in [0.05, 0.1) is 12.2 Å². The van der Waals surface area contributed by atoms with E-state index < -0.39 is 0 Å². The van der Waals surface area contributed by atoms with E-state index in [9.17, 15) is 4.79 Å². The van der Waals surface area contributed by atoms with Crippen molar-refractivity contribution in [2.24, 2.45) is 0 Å². The van der Waals surface area contributed by atoms with Gasteiger partial charge in [-0.05, 0) is 50.6 Å². The average molecular weight is 376 g/mol. The Kier molecular flexibility index (Phi) is 6.22. The monoisotopic (exact) mass is 376 g/mol. The summed E-state index contributed by atoms with van der Waals surface area (Å²) in [5.41, 5.74) is 4.58. The van der Waals surface area contributed by atoms with Crippen LogP contribution in [0, 0.1) is 13.8 Å². The SMILES string of the molecule is CCOC(=O)c1ccc(Nc2nc(C)cc(NCc3ccc(C)cc3)n2)cc1. The first kappa shape index (κ1) is 19.4. The zero-order valence-electron chi connectivity index (χ0n) is 16.3. The summed E-state index contributed by atoms with van der Waals surface area (Å²) in [5.74, 6) is 0.914. The average Bonchev–Trinajstić information content (AvgIpc) is 2.68. The standard InChI is InChI=1S/C22H24N4O2/c1-4-28-21(27)18-9-11-19(12-10-18)25-22-24-16(3)13-20(26-22)23-14-17-7-5-15(2)6-8-17/h5-13H,4,14H2,1-3H3,(H2,23,24,25,26). The van der Waals surface area contributed by atoms with Crippen molar-refractivity contribution in [1.82, 2.24) is 9.97 Å². The van der Waals surface area contributed by atoms with Gasteiger partial charge in [-0.25, -0.2) is 9.78 Å². The van der Waals surface area contributed by atoms with Gasteiger partial charge in [0.25, 0.3) is 0 Å². The van der Waals surface area contributed by atoms with Crippen molar-refractivity contribution in [3.63, 3.8) is 0 Å². The molecule has 1 aromatic heterocycles. The van der Waals surface area contributed by atoms with Gasteiger partial charge in [-0.3, -0.25) is 0 Å². The Labute approximate surface area is 165 Å². The van der Waals surface area contributed by atoms with Crippen LogP contribution in [0.4, 0.5) is 17.5 Å². The highest BCUT2D eigenvalue weighted by molar-refractivity contribution is 5.89. The molecule has 3 aromatic rings. The molecule has 1 heterocycles. The Morgan fingerprint density at radius 3 is 2.39 bits per heavy atom. The summed E-state index contributed by atoms with van der Waals surface area (Å²) in [7, 11) is 0. The lowest BCUT2D eigenvalue weighted by molar-refractivity contribution is 0.0526. The zero-order valence-corrected chi connectivity index (χ0v) is 16.3. The fourth-order valence-electron chi connectivity index (χ4n) is 2.65. The maximum atomic E-state index is 11.7. The molecule has 0 aliphatic carbocycles. The number of rotatable bonds is 7. The van der Waals surface area contributed by atoms with Gasteiger partial charge in [-0.2, -0.15) is 4.98 Å². The van der Waals surface area contributed by atoms with Crippen molar-refractivity contribution < 1.29 is 9.53 Å². The maximum absolute atomic E-state index is 11.7. The second kappa shape index (κ2) is 8.99. The van der Waals surface area contributed by atoms with Gasteiger partial charge in [0.1, 0.15) is 5.82 Å². The van der Waals surface area contributed by atoms with E-state index in [1.165, 1.54) is 11.1 Å². The van der Waals surface area contributed by atoms with Crippen LogP contribution in [-0.4, -0.2) is 22.5 Å². The summed E-state index contributed by atoms with van der Waals surface area (Å²) in [5, 5.41) is 6.51. The molecule has 0 unspecified atom stereocenters. The minimum atomic E-state index is -0.330. The third-order valence-electron chi connectivity index (χ3n) is 4.10. The van der Waals surface area contributed by atoms with Crippen LogP contribution in [0.15, 0.2) is 54.6 Å². The second-order valence-corrected chi connectivity index (χ2v) is 6.48. The highest BCUT2D eigenvalue weighted by Crippen LogP contribution is 2.17. The first-order valence-corrected chi connectivity index (χ1v) is 9.23. The Morgan fingerprint density at radius 2 is 1.71 bits per heavy atom. The molecular weight excluding hydrogens is 352 g/mol. The minimum absolute atomic E-state index is 0.330. The number of carbonyl (C=O) groups excluding carboxylic acids is 1. The summed E-state index contributed by atoms with van der Waals surface area (Å²) < 4.78 is 5.00. The van der Waals surface area contributed by atoms with Crippen LogP contribution in [-0.2, 0) is 11.3 Å². The van der Waals surface area contributed by atoms with Crippen molar-refractivity contribution in [2.75, 3.05) is 17.2 Å². The van der Waals surface area contributed by atoms with E-state index in [1.807, 2.05) is 13.0 Å². The molecule has 6 heteroatoms. The lowest BCUT2D eigenvalue weighted by Crippen LogP contribution is -2.06. The Bertz CT molecular complexity index is 938. The highest BCUT2D eigenvalue weighted by atomic mass is 16.5. The van der Waals surface area contributed by atoms with Crippen LogP contribution in [0.25, 0.3) is 0 Å². The first-order valence-electron chi connectivity index (χ1n) is 9.23. The quantitative estimate of drug-likeness (QED) is 0.586. The number of ether oxygens (including phenoxy) is 1. The number of esters is 1. The molecule has 0 saturated carbocycles. The van der Waals surface area contributed by atoms with Crippen molar-refractivity contribution in [2.45, 2.75) is 27.3 Å². The number of aromatic nitrogens is 2. The molecule has 2 N–H and O–H groups in total. The van der Waals surface area contributed by atoms with E-state index in [1.54, 1.807) is 31.2 Å². The van der Waals surface area contributed by atoms with Crippen LogP contribution in [0.5, 0.6) is 0 Å². The molecule has 28 heavy (non-hydrogen) atoms. The smallest absolute Gasteiger partial charge is 0.338 e. The minimum Gasteiger partial charge on any atom is -0.462 e. The third-order valence-corrected chi connectivity index (χ3v) is 4.10. The summed E-state index contributed by atoms with van der Waals surface area (Å²) in [4.78, 5) is 20.7. The molecule has 0 saturated heterocycles. The summed E-state index contributed by atoms with van der Waals surface area (Å²) in [6.07, 6.45) is 0. The van der Waals surface area contributed by atoms with Crippen LogP contribution in [0.3, 0.4) is 0 Å². The molecule has 0 atom stereocenters. The van der Waals surface area contributed by atoms with E-state index in [2.05, 4.69) is 51.8 Å². The van der Waals surface area contributed by atoms with Crippen molar-refractivity contribution in [3.8, 4) is 0 Å². The predicted octanol–water partition coefficient (Wildman–Crippen LogP) is 4.63. The van der Waals surface area contributed by atoms with Gasteiger partial charge in [0.15, 0.2) is 0 Å². The van der Waals surface area contributed by atoms with Gasteiger partial charge in [-0.1, -0.05) is 29.8 Å². The fraction of sp³-hybridized carbons (Fsp3) is 0.227. The molecule has 3 rings (SSSR count). The van der Waals surface area contributed by atoms with Crippen molar-refractivity contribution in [1.29, 1.82) is 0 Å². The number of anilines is 3. The molecule has 144 valence electrons. The number of carbonyl (C=O) groups is 1. The Balaban J connectivity index is 1.67. The van der Waals surface area contributed by atoms with Crippen molar-refractivity contribution >= 4 is 23.4 Å². The zero-order chi connectivity index (χ0) is 19.9. The molecule has 0 aliphatic rings. The predicted molar refractivity (Wildman–Crippen MR) is 111 cm³/mol. The van der Waals surface area contributed by atoms with Gasteiger partial charge in [0.2, 0.25) is 5.95 Å². The summed E-state index contributed by atoms with van der Waals surface area (Å²) in [6.45, 7) is 6.82. The van der Waals surface area contributed by atoms with Crippen LogP contribution < -0.4 is 10.6 Å². The van der Waals surface area contributed by atoms with Crippen LogP contribution in [0.2, 0.25) is 0 Å². The van der Waals surface area contributed by atoms with E-state index in [0.717, 1.165) is 17.2 Å². The molecule has 0 radical (unpaired) electrons. The Morgan fingerprint density at radius 1 is 1.00 bits per heavy atom.